The molecule has 136 valence electrons. The number of benzene rings is 4. The fourth-order valence-electron chi connectivity index (χ4n) is 3.83. The minimum absolute atomic E-state index is 0.547. The fraction of sp³-hybridized carbons (Fsp3) is 0.111. The van der Waals surface area contributed by atoms with Gasteiger partial charge in [-0.2, -0.15) is 0 Å². The molecule has 0 aliphatic heterocycles. The summed E-state index contributed by atoms with van der Waals surface area (Å²) in [6.45, 7) is 4.44. The van der Waals surface area contributed by atoms with Gasteiger partial charge < -0.3 is 4.42 Å². The molecule has 1 heteroatoms. The second-order valence-electron chi connectivity index (χ2n) is 7.67. The van der Waals surface area contributed by atoms with Gasteiger partial charge in [0.25, 0.3) is 0 Å². The SMILES string of the molecule is CC(C)c1ccc(-c2ccc3c(c2)oc2cc(-c4ccccc4)ccc23)cc1. The van der Waals surface area contributed by atoms with Gasteiger partial charge >= 0.3 is 0 Å². The summed E-state index contributed by atoms with van der Waals surface area (Å²) >= 11 is 0. The molecule has 0 radical (unpaired) electrons. The summed E-state index contributed by atoms with van der Waals surface area (Å²) in [5.41, 5.74) is 8.02. The summed E-state index contributed by atoms with van der Waals surface area (Å²) < 4.78 is 6.24. The molecular weight excluding hydrogens is 340 g/mol. The van der Waals surface area contributed by atoms with Crippen molar-refractivity contribution in [3.8, 4) is 22.3 Å². The average molecular weight is 362 g/mol. The maximum Gasteiger partial charge on any atom is 0.136 e. The highest BCUT2D eigenvalue weighted by atomic mass is 16.3. The maximum absolute atomic E-state index is 6.24. The highest BCUT2D eigenvalue weighted by Gasteiger charge is 2.10. The van der Waals surface area contributed by atoms with Gasteiger partial charge in [-0.25, -0.2) is 0 Å². The third-order valence-corrected chi connectivity index (χ3v) is 5.49. The minimum atomic E-state index is 0.547. The molecule has 0 fully saturated rings. The van der Waals surface area contributed by atoms with Crippen LogP contribution in [0.15, 0.2) is 95.4 Å². The van der Waals surface area contributed by atoms with E-state index in [9.17, 15) is 0 Å². The van der Waals surface area contributed by atoms with Crippen LogP contribution >= 0.6 is 0 Å². The van der Waals surface area contributed by atoms with E-state index in [2.05, 4.69) is 98.8 Å². The van der Waals surface area contributed by atoms with Gasteiger partial charge in [-0.05, 0) is 58.0 Å². The number of hydrogen-bond acceptors (Lipinski definition) is 1. The molecule has 0 aliphatic carbocycles. The Balaban J connectivity index is 1.59. The van der Waals surface area contributed by atoms with Crippen molar-refractivity contribution in [3.05, 3.63) is 96.6 Å². The van der Waals surface area contributed by atoms with E-state index in [1.807, 2.05) is 6.07 Å². The standard InChI is InChI=1S/C27H22O/c1-18(2)19-8-10-21(11-9-19)23-13-15-25-24-14-12-22(20-6-4-3-5-7-20)16-26(24)28-27(25)17-23/h3-18H,1-2H3. The molecule has 0 saturated carbocycles. The topological polar surface area (TPSA) is 13.1 Å². The number of furan rings is 1. The Morgan fingerprint density at radius 2 is 1.04 bits per heavy atom. The molecule has 1 aromatic heterocycles. The lowest BCUT2D eigenvalue weighted by atomic mass is 9.98. The third kappa shape index (κ3) is 2.90. The molecule has 0 bridgehead atoms. The number of hydrogen-bond donors (Lipinski definition) is 0. The zero-order valence-corrected chi connectivity index (χ0v) is 16.1. The Kier molecular flexibility index (Phi) is 4.02. The van der Waals surface area contributed by atoms with Crippen LogP contribution < -0.4 is 0 Å². The first kappa shape index (κ1) is 16.8. The van der Waals surface area contributed by atoms with E-state index >= 15 is 0 Å². The molecule has 0 aliphatic rings. The highest BCUT2D eigenvalue weighted by molar-refractivity contribution is 6.06. The van der Waals surface area contributed by atoms with Gasteiger partial charge in [0, 0.05) is 10.8 Å². The van der Waals surface area contributed by atoms with Crippen LogP contribution in [0.3, 0.4) is 0 Å². The summed E-state index contributed by atoms with van der Waals surface area (Å²) in [6, 6.07) is 32.3. The zero-order valence-electron chi connectivity index (χ0n) is 16.1. The number of fused-ring (bicyclic) bond motifs is 3. The van der Waals surface area contributed by atoms with Gasteiger partial charge in [0.2, 0.25) is 0 Å². The van der Waals surface area contributed by atoms with Crippen molar-refractivity contribution in [2.45, 2.75) is 19.8 Å². The lowest BCUT2D eigenvalue weighted by Crippen LogP contribution is -1.86. The Labute approximate surface area is 165 Å². The van der Waals surface area contributed by atoms with Crippen molar-refractivity contribution < 1.29 is 4.42 Å². The van der Waals surface area contributed by atoms with E-state index in [-0.39, 0.29) is 0 Å². The fourth-order valence-corrected chi connectivity index (χ4v) is 3.83. The summed E-state index contributed by atoms with van der Waals surface area (Å²) in [4.78, 5) is 0. The van der Waals surface area contributed by atoms with E-state index in [0.29, 0.717) is 5.92 Å². The Hall–Kier alpha value is -3.32. The van der Waals surface area contributed by atoms with Crippen LogP contribution in [0.25, 0.3) is 44.2 Å². The van der Waals surface area contributed by atoms with Crippen LogP contribution in [0.1, 0.15) is 25.3 Å². The summed E-state index contributed by atoms with van der Waals surface area (Å²) in [7, 11) is 0. The molecule has 0 unspecified atom stereocenters. The molecule has 0 atom stereocenters. The van der Waals surface area contributed by atoms with E-state index < -0.39 is 0 Å². The zero-order chi connectivity index (χ0) is 19.1. The smallest absolute Gasteiger partial charge is 0.136 e. The lowest BCUT2D eigenvalue weighted by molar-refractivity contribution is 0.669. The van der Waals surface area contributed by atoms with E-state index in [0.717, 1.165) is 21.9 Å². The van der Waals surface area contributed by atoms with Crippen LogP contribution in [0.4, 0.5) is 0 Å². The van der Waals surface area contributed by atoms with Gasteiger partial charge in [0.05, 0.1) is 0 Å². The molecule has 0 N–H and O–H groups in total. The van der Waals surface area contributed by atoms with Crippen LogP contribution in [-0.2, 0) is 0 Å². The van der Waals surface area contributed by atoms with Crippen LogP contribution in [0.5, 0.6) is 0 Å². The molecule has 4 aromatic carbocycles. The molecular formula is C27H22O. The summed E-state index contributed by atoms with van der Waals surface area (Å²) in [5.74, 6) is 0.547. The number of rotatable bonds is 3. The largest absolute Gasteiger partial charge is 0.456 e. The van der Waals surface area contributed by atoms with Gasteiger partial charge in [-0.3, -0.25) is 0 Å². The Morgan fingerprint density at radius 3 is 1.57 bits per heavy atom. The maximum atomic E-state index is 6.24. The first-order valence-electron chi connectivity index (χ1n) is 9.81. The lowest BCUT2D eigenvalue weighted by Gasteiger charge is -2.07. The van der Waals surface area contributed by atoms with Gasteiger partial charge in [-0.1, -0.05) is 80.6 Å². The first-order valence-corrected chi connectivity index (χ1v) is 9.81. The van der Waals surface area contributed by atoms with Crippen molar-refractivity contribution in [1.29, 1.82) is 0 Å². The highest BCUT2D eigenvalue weighted by Crippen LogP contribution is 2.34. The second-order valence-corrected chi connectivity index (χ2v) is 7.67. The van der Waals surface area contributed by atoms with E-state index in [4.69, 9.17) is 4.42 Å². The predicted octanol–water partition coefficient (Wildman–Crippen LogP) is 8.04. The first-order chi connectivity index (χ1) is 13.7. The van der Waals surface area contributed by atoms with Crippen LogP contribution in [0, 0.1) is 0 Å². The molecule has 5 rings (SSSR count). The van der Waals surface area contributed by atoms with Crippen molar-refractivity contribution in [2.75, 3.05) is 0 Å². The van der Waals surface area contributed by atoms with Crippen LogP contribution in [-0.4, -0.2) is 0 Å². The second kappa shape index (κ2) is 6.69. The summed E-state index contributed by atoms with van der Waals surface area (Å²) in [5, 5.41) is 2.33. The molecule has 1 heterocycles. The van der Waals surface area contributed by atoms with Gasteiger partial charge in [0.15, 0.2) is 0 Å². The predicted molar refractivity (Wildman–Crippen MR) is 119 cm³/mol. The van der Waals surface area contributed by atoms with Gasteiger partial charge in [-0.15, -0.1) is 0 Å². The molecule has 5 aromatic rings. The monoisotopic (exact) mass is 362 g/mol. The van der Waals surface area contributed by atoms with Crippen molar-refractivity contribution >= 4 is 21.9 Å². The normalized spacial score (nSPS) is 11.5. The van der Waals surface area contributed by atoms with E-state index in [1.54, 1.807) is 0 Å². The average Bonchev–Trinajstić information content (AvgIpc) is 3.11. The summed E-state index contributed by atoms with van der Waals surface area (Å²) in [6.07, 6.45) is 0. The Morgan fingerprint density at radius 1 is 0.536 bits per heavy atom. The molecule has 1 nitrogen and oxygen atoms in total. The van der Waals surface area contributed by atoms with Crippen molar-refractivity contribution in [1.82, 2.24) is 0 Å². The molecule has 28 heavy (non-hydrogen) atoms. The van der Waals surface area contributed by atoms with E-state index in [1.165, 1.54) is 27.8 Å². The quantitative estimate of drug-likeness (QED) is 0.316. The van der Waals surface area contributed by atoms with Crippen LogP contribution in [0.2, 0.25) is 0 Å². The Bertz CT molecular complexity index is 1260. The van der Waals surface area contributed by atoms with Crippen molar-refractivity contribution in [3.63, 3.8) is 0 Å². The molecule has 0 spiro atoms. The van der Waals surface area contributed by atoms with Gasteiger partial charge in [0.1, 0.15) is 11.2 Å². The molecule has 0 amide bonds. The third-order valence-electron chi connectivity index (χ3n) is 5.49. The minimum Gasteiger partial charge on any atom is -0.456 e. The van der Waals surface area contributed by atoms with Crippen molar-refractivity contribution in [2.24, 2.45) is 0 Å². The molecule has 0 saturated heterocycles.